The van der Waals surface area contributed by atoms with E-state index < -0.39 is 5.97 Å². The summed E-state index contributed by atoms with van der Waals surface area (Å²) in [7, 11) is 0. The van der Waals surface area contributed by atoms with Crippen LogP contribution >= 0.6 is 0 Å². The van der Waals surface area contributed by atoms with Crippen molar-refractivity contribution < 1.29 is 9.90 Å². The summed E-state index contributed by atoms with van der Waals surface area (Å²) < 4.78 is 0. The molecule has 1 atom stereocenters. The second kappa shape index (κ2) is 7.47. The van der Waals surface area contributed by atoms with Crippen molar-refractivity contribution in [3.8, 4) is 0 Å². The first kappa shape index (κ1) is 15.8. The average molecular weight is 317 g/mol. The highest BCUT2D eigenvalue weighted by atomic mass is 16.4. The summed E-state index contributed by atoms with van der Waals surface area (Å²) in [5.74, 6) is -0.819. The predicted octanol–water partition coefficient (Wildman–Crippen LogP) is 5.04. The summed E-state index contributed by atoms with van der Waals surface area (Å²) in [5, 5.41) is 9.46. The van der Waals surface area contributed by atoms with Crippen molar-refractivity contribution in [1.29, 1.82) is 0 Å². The molecule has 24 heavy (non-hydrogen) atoms. The molecule has 120 valence electrons. The van der Waals surface area contributed by atoms with Gasteiger partial charge in [0, 0.05) is 11.4 Å². The molecule has 1 unspecified atom stereocenters. The molecule has 0 aromatic heterocycles. The highest BCUT2D eigenvalue weighted by Gasteiger charge is 2.24. The fraction of sp³-hybridized carbons (Fsp3) is 0.0952. The van der Waals surface area contributed by atoms with Crippen LogP contribution < -0.4 is 4.90 Å². The topological polar surface area (TPSA) is 40.5 Å². The Morgan fingerprint density at radius 1 is 0.750 bits per heavy atom. The summed E-state index contributed by atoms with van der Waals surface area (Å²) >= 11 is 0. The minimum Gasteiger partial charge on any atom is -0.481 e. The normalized spacial score (nSPS) is 11.7. The van der Waals surface area contributed by atoms with Gasteiger partial charge in [0.15, 0.2) is 0 Å². The fourth-order valence-electron chi connectivity index (χ4n) is 2.88. The van der Waals surface area contributed by atoms with Gasteiger partial charge < -0.3 is 10.0 Å². The number of anilines is 2. The van der Waals surface area contributed by atoms with E-state index in [1.54, 1.807) is 0 Å². The van der Waals surface area contributed by atoms with Crippen LogP contribution in [0.4, 0.5) is 11.4 Å². The molecule has 0 saturated carbocycles. The predicted molar refractivity (Wildman–Crippen MR) is 96.5 cm³/mol. The van der Waals surface area contributed by atoms with E-state index in [1.807, 2.05) is 91.0 Å². The number of hydrogen-bond acceptors (Lipinski definition) is 2. The number of benzene rings is 3. The van der Waals surface area contributed by atoms with Crippen molar-refractivity contribution in [2.75, 3.05) is 4.90 Å². The Hall–Kier alpha value is -3.07. The lowest BCUT2D eigenvalue weighted by atomic mass is 10.00. The van der Waals surface area contributed by atoms with Crippen LogP contribution in [0.3, 0.4) is 0 Å². The summed E-state index contributed by atoms with van der Waals surface area (Å²) in [6, 6.07) is 29.3. The van der Waals surface area contributed by atoms with Crippen molar-refractivity contribution in [2.24, 2.45) is 0 Å². The molecule has 0 radical (unpaired) electrons. The largest absolute Gasteiger partial charge is 0.481 e. The van der Waals surface area contributed by atoms with E-state index in [-0.39, 0.29) is 12.5 Å². The van der Waals surface area contributed by atoms with Gasteiger partial charge in [-0.1, -0.05) is 66.7 Å². The van der Waals surface area contributed by atoms with Gasteiger partial charge >= 0.3 is 5.97 Å². The highest BCUT2D eigenvalue weighted by Crippen LogP contribution is 2.36. The van der Waals surface area contributed by atoms with Gasteiger partial charge in [-0.2, -0.15) is 0 Å². The monoisotopic (exact) mass is 317 g/mol. The van der Waals surface area contributed by atoms with Crippen molar-refractivity contribution in [1.82, 2.24) is 0 Å². The summed E-state index contributed by atoms with van der Waals surface area (Å²) in [5.41, 5.74) is 2.92. The zero-order valence-electron chi connectivity index (χ0n) is 13.2. The molecular weight excluding hydrogens is 298 g/mol. The molecule has 3 rings (SSSR count). The van der Waals surface area contributed by atoms with Crippen LogP contribution in [-0.2, 0) is 4.79 Å². The third kappa shape index (κ3) is 3.63. The number of hydrogen-bond donors (Lipinski definition) is 1. The first-order valence-electron chi connectivity index (χ1n) is 7.92. The molecular formula is C21H19NO2. The molecule has 0 fully saturated rings. The maximum Gasteiger partial charge on any atom is 0.305 e. The number of carboxylic acids is 1. The number of para-hydroxylation sites is 2. The van der Waals surface area contributed by atoms with E-state index in [2.05, 4.69) is 4.90 Å². The van der Waals surface area contributed by atoms with Gasteiger partial charge in [-0.05, 0) is 29.8 Å². The second-order valence-corrected chi connectivity index (χ2v) is 5.57. The van der Waals surface area contributed by atoms with Gasteiger partial charge in [0.05, 0.1) is 12.5 Å². The molecule has 0 bridgehead atoms. The Morgan fingerprint density at radius 3 is 1.58 bits per heavy atom. The summed E-state index contributed by atoms with van der Waals surface area (Å²) in [4.78, 5) is 13.6. The smallest absolute Gasteiger partial charge is 0.305 e. The Labute approximate surface area is 141 Å². The third-order valence-electron chi connectivity index (χ3n) is 3.93. The van der Waals surface area contributed by atoms with Gasteiger partial charge in [0.2, 0.25) is 0 Å². The van der Waals surface area contributed by atoms with E-state index in [0.29, 0.717) is 0 Å². The Bertz CT molecular complexity index is 733. The van der Waals surface area contributed by atoms with E-state index >= 15 is 0 Å². The molecule has 0 spiro atoms. The lowest BCUT2D eigenvalue weighted by molar-refractivity contribution is -0.137. The zero-order valence-corrected chi connectivity index (χ0v) is 13.2. The maximum atomic E-state index is 11.5. The summed E-state index contributed by atoms with van der Waals surface area (Å²) in [6.45, 7) is 0. The van der Waals surface area contributed by atoms with E-state index in [9.17, 15) is 9.90 Å². The number of rotatable bonds is 6. The molecule has 3 nitrogen and oxygen atoms in total. The Kier molecular flexibility index (Phi) is 4.92. The second-order valence-electron chi connectivity index (χ2n) is 5.57. The van der Waals surface area contributed by atoms with Crippen LogP contribution in [-0.4, -0.2) is 11.1 Å². The van der Waals surface area contributed by atoms with Crippen molar-refractivity contribution >= 4 is 17.3 Å². The maximum absolute atomic E-state index is 11.5. The minimum atomic E-state index is -0.819. The molecule has 0 aliphatic heterocycles. The SMILES string of the molecule is O=C(O)CC(c1ccccc1)N(c1ccccc1)c1ccccc1. The first-order chi connectivity index (χ1) is 11.8. The van der Waals surface area contributed by atoms with E-state index in [1.165, 1.54) is 0 Å². The Morgan fingerprint density at radius 2 is 1.17 bits per heavy atom. The van der Waals surface area contributed by atoms with Crippen molar-refractivity contribution in [3.05, 3.63) is 96.6 Å². The molecule has 1 N–H and O–H groups in total. The van der Waals surface area contributed by atoms with Gasteiger partial charge in [-0.3, -0.25) is 4.79 Å². The van der Waals surface area contributed by atoms with Crippen molar-refractivity contribution in [3.63, 3.8) is 0 Å². The van der Waals surface area contributed by atoms with Crippen LogP contribution in [0.15, 0.2) is 91.0 Å². The van der Waals surface area contributed by atoms with E-state index in [4.69, 9.17) is 0 Å². The van der Waals surface area contributed by atoms with Crippen LogP contribution in [0.2, 0.25) is 0 Å². The van der Waals surface area contributed by atoms with Crippen molar-refractivity contribution in [2.45, 2.75) is 12.5 Å². The van der Waals surface area contributed by atoms with Gasteiger partial charge in [0.1, 0.15) is 0 Å². The number of carboxylic acid groups (broad SMARTS) is 1. The molecule has 0 saturated heterocycles. The molecule has 0 amide bonds. The van der Waals surface area contributed by atoms with E-state index in [0.717, 1.165) is 16.9 Å². The standard InChI is InChI=1S/C21H19NO2/c23-21(24)16-20(17-10-4-1-5-11-17)22(18-12-6-2-7-13-18)19-14-8-3-9-15-19/h1-15,20H,16H2,(H,23,24). The van der Waals surface area contributed by atoms with Gasteiger partial charge in [-0.15, -0.1) is 0 Å². The van der Waals surface area contributed by atoms with Gasteiger partial charge in [-0.25, -0.2) is 0 Å². The minimum absolute atomic E-state index is 0.0216. The molecule has 3 heteroatoms. The van der Waals surface area contributed by atoms with Crippen LogP contribution in [0.1, 0.15) is 18.0 Å². The lowest BCUT2D eigenvalue weighted by Gasteiger charge is -2.33. The number of nitrogens with zero attached hydrogens (tertiary/aromatic N) is 1. The lowest BCUT2D eigenvalue weighted by Crippen LogP contribution is -2.26. The van der Waals surface area contributed by atoms with Crippen LogP contribution in [0, 0.1) is 0 Å². The summed E-state index contributed by atoms with van der Waals surface area (Å²) in [6.07, 6.45) is 0.0216. The van der Waals surface area contributed by atoms with Gasteiger partial charge in [0.25, 0.3) is 0 Å². The van der Waals surface area contributed by atoms with Crippen LogP contribution in [0.5, 0.6) is 0 Å². The molecule has 0 aliphatic rings. The van der Waals surface area contributed by atoms with Crippen LogP contribution in [0.25, 0.3) is 0 Å². The average Bonchev–Trinajstić information content (AvgIpc) is 2.63. The highest BCUT2D eigenvalue weighted by molar-refractivity contribution is 5.72. The molecule has 0 heterocycles. The number of aliphatic carboxylic acids is 1. The zero-order chi connectivity index (χ0) is 16.8. The quantitative estimate of drug-likeness (QED) is 0.692. The molecule has 3 aromatic rings. The fourth-order valence-corrected chi connectivity index (χ4v) is 2.88. The Balaban J connectivity index is 2.12. The molecule has 3 aromatic carbocycles. The number of carbonyl (C=O) groups is 1. The first-order valence-corrected chi connectivity index (χ1v) is 7.92. The molecule has 0 aliphatic carbocycles. The third-order valence-corrected chi connectivity index (χ3v) is 3.93.